The van der Waals surface area contributed by atoms with Gasteiger partial charge in [-0.3, -0.25) is 4.79 Å². The molecule has 2 N–H and O–H groups in total. The zero-order valence-electron chi connectivity index (χ0n) is 14.4. The van der Waals surface area contributed by atoms with Gasteiger partial charge in [0.05, 0.1) is 23.4 Å². The molecule has 1 aliphatic rings. The topological polar surface area (TPSA) is 78.4 Å². The van der Waals surface area contributed by atoms with Crippen molar-refractivity contribution in [1.29, 1.82) is 0 Å². The number of aliphatic hydroxyl groups is 1. The number of para-hydroxylation sites is 1. The number of fused-ring (bicyclic) bond motifs is 1. The molecule has 1 fully saturated rings. The van der Waals surface area contributed by atoms with Gasteiger partial charge in [0.1, 0.15) is 6.04 Å². The van der Waals surface area contributed by atoms with Crippen molar-refractivity contribution in [2.75, 3.05) is 18.1 Å². The van der Waals surface area contributed by atoms with Gasteiger partial charge in [-0.25, -0.2) is 9.97 Å². The molecule has 1 aromatic carbocycles. The van der Waals surface area contributed by atoms with Crippen LogP contribution in [0.2, 0.25) is 0 Å². The van der Waals surface area contributed by atoms with E-state index in [1.807, 2.05) is 36.1 Å². The first-order valence-electron chi connectivity index (χ1n) is 8.34. The summed E-state index contributed by atoms with van der Waals surface area (Å²) < 4.78 is 0. The van der Waals surface area contributed by atoms with Crippen LogP contribution >= 0.6 is 0 Å². The molecular formula is C18H24N4O2. The summed E-state index contributed by atoms with van der Waals surface area (Å²) in [5, 5.41) is 13.3. The first-order chi connectivity index (χ1) is 11.4. The van der Waals surface area contributed by atoms with Crippen LogP contribution in [0.1, 0.15) is 32.4 Å². The number of nitrogens with one attached hydrogen (secondary N) is 1. The number of carbonyl (C=O) groups is 1. The monoisotopic (exact) mass is 328 g/mol. The minimum absolute atomic E-state index is 0.0824. The molecule has 0 radical (unpaired) electrons. The predicted octanol–water partition coefficient (Wildman–Crippen LogP) is 1.79. The highest BCUT2D eigenvalue weighted by Crippen LogP contribution is 2.26. The molecule has 0 bridgehead atoms. The van der Waals surface area contributed by atoms with Gasteiger partial charge in [0.2, 0.25) is 11.9 Å². The van der Waals surface area contributed by atoms with Crippen molar-refractivity contribution in [3.8, 4) is 0 Å². The van der Waals surface area contributed by atoms with Crippen LogP contribution in [0.3, 0.4) is 0 Å². The maximum Gasteiger partial charge on any atom is 0.243 e. The number of aliphatic hydroxyl groups excluding tert-OH is 1. The smallest absolute Gasteiger partial charge is 0.243 e. The standard InChI is InChI=1S/C18H24N4O2/c1-12-13-7-4-5-8-14(13)20-17(19-12)22-10-6-9-15(22)16(24)21-18(2,3)11-23/h4-5,7-8,15,23H,6,9-11H2,1-3H3,(H,21,24)/t15-/m0/s1. The van der Waals surface area contributed by atoms with Crippen LogP contribution in [0.5, 0.6) is 0 Å². The first-order valence-corrected chi connectivity index (χ1v) is 8.34. The van der Waals surface area contributed by atoms with Crippen LogP contribution in [-0.4, -0.2) is 45.7 Å². The largest absolute Gasteiger partial charge is 0.394 e. The average Bonchev–Trinajstić information content (AvgIpc) is 3.04. The van der Waals surface area contributed by atoms with Crippen molar-refractivity contribution in [1.82, 2.24) is 15.3 Å². The van der Waals surface area contributed by atoms with Crippen molar-refractivity contribution in [2.45, 2.75) is 45.2 Å². The summed E-state index contributed by atoms with van der Waals surface area (Å²) in [5.74, 6) is 0.520. The number of aromatic nitrogens is 2. The van der Waals surface area contributed by atoms with Gasteiger partial charge in [-0.2, -0.15) is 0 Å². The summed E-state index contributed by atoms with van der Waals surface area (Å²) in [6.07, 6.45) is 1.69. The van der Waals surface area contributed by atoms with Crippen LogP contribution in [0, 0.1) is 6.92 Å². The van der Waals surface area contributed by atoms with E-state index in [-0.39, 0.29) is 18.6 Å². The number of nitrogens with zero attached hydrogens (tertiary/aromatic N) is 3. The van der Waals surface area contributed by atoms with Crippen LogP contribution in [-0.2, 0) is 4.79 Å². The number of hydrogen-bond acceptors (Lipinski definition) is 5. The summed E-state index contributed by atoms with van der Waals surface area (Å²) in [5.41, 5.74) is 1.17. The number of carbonyl (C=O) groups excluding carboxylic acids is 1. The lowest BCUT2D eigenvalue weighted by Gasteiger charge is -2.29. The van der Waals surface area contributed by atoms with Gasteiger partial charge >= 0.3 is 0 Å². The zero-order valence-corrected chi connectivity index (χ0v) is 14.4. The Balaban J connectivity index is 1.89. The Labute approximate surface area is 141 Å². The first kappa shape index (κ1) is 16.6. The second-order valence-corrected chi connectivity index (χ2v) is 7.01. The molecule has 0 unspecified atom stereocenters. The summed E-state index contributed by atoms with van der Waals surface area (Å²) in [4.78, 5) is 23.9. The molecule has 2 aromatic rings. The summed E-state index contributed by atoms with van der Waals surface area (Å²) in [6, 6.07) is 7.61. The Kier molecular flexibility index (Phi) is 4.41. The van der Waals surface area contributed by atoms with Gasteiger partial charge in [0.15, 0.2) is 0 Å². The molecule has 1 aliphatic heterocycles. The Bertz CT molecular complexity index is 760. The Morgan fingerprint density at radius 2 is 2.12 bits per heavy atom. The fraction of sp³-hybridized carbons (Fsp3) is 0.500. The highest BCUT2D eigenvalue weighted by Gasteiger charge is 2.35. The second kappa shape index (κ2) is 6.36. The van der Waals surface area contributed by atoms with Crippen molar-refractivity contribution < 1.29 is 9.90 Å². The van der Waals surface area contributed by atoms with Crippen LogP contribution < -0.4 is 10.2 Å². The number of amides is 1. The lowest BCUT2D eigenvalue weighted by Crippen LogP contribution is -2.53. The molecule has 1 saturated heterocycles. The van der Waals surface area contributed by atoms with Gasteiger partial charge in [-0.05, 0) is 39.7 Å². The fourth-order valence-corrected chi connectivity index (χ4v) is 3.08. The molecule has 6 heteroatoms. The van der Waals surface area contributed by atoms with E-state index in [2.05, 4.69) is 15.3 Å². The SMILES string of the molecule is Cc1nc(N2CCC[C@H]2C(=O)NC(C)(C)CO)nc2ccccc12. The molecule has 6 nitrogen and oxygen atoms in total. The van der Waals surface area contributed by atoms with E-state index >= 15 is 0 Å². The predicted molar refractivity (Wildman–Crippen MR) is 94.0 cm³/mol. The Morgan fingerprint density at radius 3 is 2.88 bits per heavy atom. The third-order valence-corrected chi connectivity index (χ3v) is 4.45. The van der Waals surface area contributed by atoms with Gasteiger partial charge in [0.25, 0.3) is 0 Å². The van der Waals surface area contributed by atoms with Crippen molar-refractivity contribution in [2.24, 2.45) is 0 Å². The minimum atomic E-state index is -0.633. The molecular weight excluding hydrogens is 304 g/mol. The second-order valence-electron chi connectivity index (χ2n) is 7.01. The van der Waals surface area contributed by atoms with Crippen molar-refractivity contribution >= 4 is 22.8 Å². The van der Waals surface area contributed by atoms with E-state index < -0.39 is 5.54 Å². The molecule has 0 aliphatic carbocycles. The third kappa shape index (κ3) is 3.19. The van der Waals surface area contributed by atoms with E-state index in [9.17, 15) is 9.90 Å². The maximum absolute atomic E-state index is 12.6. The fourth-order valence-electron chi connectivity index (χ4n) is 3.08. The summed E-state index contributed by atoms with van der Waals surface area (Å²) >= 11 is 0. The van der Waals surface area contributed by atoms with Gasteiger partial charge in [0, 0.05) is 11.9 Å². The molecule has 1 atom stereocenters. The van der Waals surface area contributed by atoms with Crippen LogP contribution in [0.15, 0.2) is 24.3 Å². The molecule has 0 saturated carbocycles. The summed E-state index contributed by atoms with van der Waals surface area (Å²) in [7, 11) is 0. The molecule has 1 amide bonds. The average molecular weight is 328 g/mol. The normalized spacial score (nSPS) is 18.2. The van der Waals surface area contributed by atoms with Gasteiger partial charge in [-0.15, -0.1) is 0 Å². The molecule has 0 spiro atoms. The van der Waals surface area contributed by atoms with Crippen molar-refractivity contribution in [3.05, 3.63) is 30.0 Å². The van der Waals surface area contributed by atoms with E-state index in [4.69, 9.17) is 0 Å². The van der Waals surface area contributed by atoms with Crippen LogP contribution in [0.25, 0.3) is 10.9 Å². The van der Waals surface area contributed by atoms with Crippen LogP contribution in [0.4, 0.5) is 5.95 Å². The lowest BCUT2D eigenvalue weighted by atomic mass is 10.1. The van der Waals surface area contributed by atoms with E-state index in [0.29, 0.717) is 5.95 Å². The molecule has 128 valence electrons. The Hall–Kier alpha value is -2.21. The molecule has 3 rings (SSSR count). The number of rotatable bonds is 4. The number of aryl methyl sites for hydroxylation is 1. The molecule has 24 heavy (non-hydrogen) atoms. The van der Waals surface area contributed by atoms with E-state index in [1.165, 1.54) is 0 Å². The van der Waals surface area contributed by atoms with Gasteiger partial charge in [-0.1, -0.05) is 18.2 Å². The number of hydrogen-bond donors (Lipinski definition) is 2. The highest BCUT2D eigenvalue weighted by atomic mass is 16.3. The van der Waals surface area contributed by atoms with E-state index in [1.54, 1.807) is 13.8 Å². The Morgan fingerprint density at radius 1 is 1.38 bits per heavy atom. The molecule has 2 heterocycles. The van der Waals surface area contributed by atoms with E-state index in [0.717, 1.165) is 36.0 Å². The quantitative estimate of drug-likeness (QED) is 0.895. The number of benzene rings is 1. The van der Waals surface area contributed by atoms with Gasteiger partial charge < -0.3 is 15.3 Å². The zero-order chi connectivity index (χ0) is 17.3. The highest BCUT2D eigenvalue weighted by molar-refractivity contribution is 5.87. The summed E-state index contributed by atoms with van der Waals surface area (Å²) in [6.45, 7) is 6.24. The maximum atomic E-state index is 12.6. The minimum Gasteiger partial charge on any atom is -0.394 e. The van der Waals surface area contributed by atoms with Crippen molar-refractivity contribution in [3.63, 3.8) is 0 Å². The lowest BCUT2D eigenvalue weighted by molar-refractivity contribution is -0.124. The third-order valence-electron chi connectivity index (χ3n) is 4.45. The molecule has 1 aromatic heterocycles. The number of anilines is 1.